The van der Waals surface area contributed by atoms with Crippen LogP contribution in [0.5, 0.6) is 0 Å². The van der Waals surface area contributed by atoms with Gasteiger partial charge in [-0.1, -0.05) is 17.7 Å². The third kappa shape index (κ3) is 2.57. The summed E-state index contributed by atoms with van der Waals surface area (Å²) >= 11 is 7.49. The molecule has 2 aromatic heterocycles. The number of para-hydroxylation sites is 1. The molecule has 3 nitrogen and oxygen atoms in total. The molecule has 1 aromatic carbocycles. The van der Waals surface area contributed by atoms with Gasteiger partial charge in [0.25, 0.3) is 5.91 Å². The molecule has 0 spiro atoms. The Kier molecular flexibility index (Phi) is 3.62. The maximum atomic E-state index is 12.8. The quantitative estimate of drug-likeness (QED) is 0.712. The highest BCUT2D eigenvalue weighted by Gasteiger charge is 2.35. The van der Waals surface area contributed by atoms with E-state index >= 15 is 0 Å². The van der Waals surface area contributed by atoms with E-state index in [1.165, 1.54) is 0 Å². The molecule has 0 unspecified atom stereocenters. The number of nitrogens with two attached hydrogens (primary N) is 1. The van der Waals surface area contributed by atoms with Crippen molar-refractivity contribution in [3.63, 3.8) is 0 Å². The monoisotopic (exact) mass is 362 g/mol. The van der Waals surface area contributed by atoms with Gasteiger partial charge in [0.05, 0.1) is 9.72 Å². The van der Waals surface area contributed by atoms with Crippen molar-refractivity contribution in [2.45, 2.75) is 6.18 Å². The largest absolute Gasteiger partial charge is 0.425 e. The topological polar surface area (TPSA) is 56.0 Å². The van der Waals surface area contributed by atoms with Gasteiger partial charge in [0.2, 0.25) is 0 Å². The van der Waals surface area contributed by atoms with Gasteiger partial charge in [-0.3, -0.25) is 4.79 Å². The lowest BCUT2D eigenvalue weighted by atomic mass is 10.2. The molecule has 3 rings (SSSR count). The summed E-state index contributed by atoms with van der Waals surface area (Å²) in [4.78, 5) is 14.6. The zero-order valence-electron chi connectivity index (χ0n) is 10.6. The number of aromatic nitrogens is 1. The van der Waals surface area contributed by atoms with Crippen molar-refractivity contribution in [3.05, 3.63) is 39.0 Å². The summed E-state index contributed by atoms with van der Waals surface area (Å²) in [7, 11) is 0. The molecule has 0 radical (unpaired) electrons. The number of benzene rings is 1. The number of hydrogen-bond donors (Lipinski definition) is 1. The van der Waals surface area contributed by atoms with Crippen LogP contribution in [-0.2, 0) is 6.18 Å². The summed E-state index contributed by atoms with van der Waals surface area (Å²) in [6, 6.07) is 6.01. The molecule has 114 valence electrons. The summed E-state index contributed by atoms with van der Waals surface area (Å²) in [5.41, 5.74) is 5.76. The van der Waals surface area contributed by atoms with Gasteiger partial charge in [-0.05, 0) is 18.2 Å². The van der Waals surface area contributed by atoms with Gasteiger partial charge in [-0.15, -0.1) is 22.7 Å². The van der Waals surface area contributed by atoms with Crippen LogP contribution >= 0.6 is 34.3 Å². The van der Waals surface area contributed by atoms with E-state index in [0.717, 1.165) is 22.1 Å². The Balaban J connectivity index is 2.23. The van der Waals surface area contributed by atoms with Crippen LogP contribution < -0.4 is 5.73 Å². The van der Waals surface area contributed by atoms with Crippen molar-refractivity contribution in [2.24, 2.45) is 5.73 Å². The molecule has 2 heterocycles. The standard InChI is InChI=1S/C13H6ClF3N2OS2/c14-6-2-1-3-7-9(6)19-12(21-7)5-4-8(13(15,16)17)22-10(5)11(18)20/h1-4H,(H2,18,20). The Hall–Kier alpha value is -1.64. The Morgan fingerprint density at radius 3 is 2.59 bits per heavy atom. The summed E-state index contributed by atoms with van der Waals surface area (Å²) in [6.45, 7) is 0. The van der Waals surface area contributed by atoms with E-state index in [0.29, 0.717) is 21.9 Å². The highest BCUT2D eigenvalue weighted by Crippen LogP contribution is 2.42. The second kappa shape index (κ2) is 5.22. The van der Waals surface area contributed by atoms with Crippen molar-refractivity contribution in [3.8, 4) is 10.6 Å². The smallest absolute Gasteiger partial charge is 0.365 e. The average Bonchev–Trinajstić information content (AvgIpc) is 3.02. The van der Waals surface area contributed by atoms with Crippen molar-refractivity contribution in [1.82, 2.24) is 4.98 Å². The van der Waals surface area contributed by atoms with Crippen LogP contribution in [-0.4, -0.2) is 10.9 Å². The number of thiophene rings is 1. The second-order valence-corrected chi connectivity index (χ2v) is 6.81. The van der Waals surface area contributed by atoms with Gasteiger partial charge >= 0.3 is 6.18 Å². The number of carbonyl (C=O) groups is 1. The normalized spacial score (nSPS) is 12.0. The first kappa shape index (κ1) is 15.3. The highest BCUT2D eigenvalue weighted by molar-refractivity contribution is 7.22. The van der Waals surface area contributed by atoms with E-state index in [-0.39, 0.29) is 15.4 Å². The van der Waals surface area contributed by atoms with Crippen LogP contribution in [0, 0.1) is 0 Å². The van der Waals surface area contributed by atoms with Crippen molar-refractivity contribution in [1.29, 1.82) is 0 Å². The minimum atomic E-state index is -4.54. The fourth-order valence-electron chi connectivity index (χ4n) is 1.90. The molecule has 1 amide bonds. The van der Waals surface area contributed by atoms with Gasteiger partial charge in [-0.2, -0.15) is 13.2 Å². The van der Waals surface area contributed by atoms with Gasteiger partial charge < -0.3 is 5.73 Å². The van der Waals surface area contributed by atoms with Gasteiger partial charge in [0, 0.05) is 5.56 Å². The first-order valence-corrected chi connectivity index (χ1v) is 7.84. The van der Waals surface area contributed by atoms with Crippen LogP contribution in [0.25, 0.3) is 20.8 Å². The zero-order valence-corrected chi connectivity index (χ0v) is 13.0. The number of alkyl halides is 3. The van der Waals surface area contributed by atoms with E-state index in [4.69, 9.17) is 17.3 Å². The third-order valence-corrected chi connectivity index (χ3v) is 5.39. The highest BCUT2D eigenvalue weighted by atomic mass is 35.5. The fourth-order valence-corrected chi connectivity index (χ4v) is 4.13. The summed E-state index contributed by atoms with van der Waals surface area (Å²) in [6.07, 6.45) is -4.54. The number of rotatable bonds is 2. The number of fused-ring (bicyclic) bond motifs is 1. The maximum Gasteiger partial charge on any atom is 0.425 e. The summed E-state index contributed by atoms with van der Waals surface area (Å²) in [5, 5.41) is 0.676. The van der Waals surface area contributed by atoms with E-state index < -0.39 is 17.0 Å². The lowest BCUT2D eigenvalue weighted by Crippen LogP contribution is -2.09. The number of thiazole rings is 1. The maximum absolute atomic E-state index is 12.8. The molecule has 0 aliphatic carbocycles. The molecule has 9 heteroatoms. The lowest BCUT2D eigenvalue weighted by Gasteiger charge is -2.00. The molecule has 0 fully saturated rings. The van der Waals surface area contributed by atoms with Crippen molar-refractivity contribution in [2.75, 3.05) is 0 Å². The van der Waals surface area contributed by atoms with Gasteiger partial charge in [-0.25, -0.2) is 4.98 Å². The number of primary amides is 1. The molecular formula is C13H6ClF3N2OS2. The second-order valence-electron chi connectivity index (χ2n) is 4.32. The van der Waals surface area contributed by atoms with Crippen LogP contribution in [0.4, 0.5) is 13.2 Å². The molecular weight excluding hydrogens is 357 g/mol. The van der Waals surface area contributed by atoms with Crippen LogP contribution in [0.1, 0.15) is 14.5 Å². The third-order valence-electron chi connectivity index (χ3n) is 2.84. The van der Waals surface area contributed by atoms with Crippen LogP contribution in [0.2, 0.25) is 5.02 Å². The number of halogens is 4. The predicted octanol–water partition coefficient (Wildman–Crippen LogP) is 4.80. The van der Waals surface area contributed by atoms with E-state index in [2.05, 4.69) is 4.98 Å². The number of amides is 1. The first-order valence-electron chi connectivity index (χ1n) is 5.83. The molecule has 22 heavy (non-hydrogen) atoms. The molecule has 0 saturated heterocycles. The Labute approximate surface area is 135 Å². The molecule has 0 aliphatic heterocycles. The Bertz CT molecular complexity index is 885. The average molecular weight is 363 g/mol. The number of carbonyl (C=O) groups excluding carboxylic acids is 1. The van der Waals surface area contributed by atoms with Crippen molar-refractivity contribution >= 4 is 50.4 Å². The fraction of sp³-hybridized carbons (Fsp3) is 0.0769. The minimum Gasteiger partial charge on any atom is -0.365 e. The molecule has 3 aromatic rings. The summed E-state index contributed by atoms with van der Waals surface area (Å²) < 4.78 is 39.3. The Morgan fingerprint density at radius 1 is 1.27 bits per heavy atom. The van der Waals surface area contributed by atoms with Gasteiger partial charge in [0.15, 0.2) is 0 Å². The Morgan fingerprint density at radius 2 is 2.00 bits per heavy atom. The molecule has 0 saturated carbocycles. The SMILES string of the molecule is NC(=O)c1sc(C(F)(F)F)cc1-c1nc2c(Cl)cccc2s1. The predicted molar refractivity (Wildman–Crippen MR) is 81.5 cm³/mol. The first-order chi connectivity index (χ1) is 10.3. The van der Waals surface area contributed by atoms with E-state index in [9.17, 15) is 18.0 Å². The van der Waals surface area contributed by atoms with E-state index in [1.807, 2.05) is 0 Å². The number of hydrogen-bond acceptors (Lipinski definition) is 4. The van der Waals surface area contributed by atoms with E-state index in [1.54, 1.807) is 18.2 Å². The minimum absolute atomic E-state index is 0.0853. The molecule has 2 N–H and O–H groups in total. The molecule has 0 bridgehead atoms. The van der Waals surface area contributed by atoms with Crippen LogP contribution in [0.3, 0.4) is 0 Å². The summed E-state index contributed by atoms with van der Waals surface area (Å²) in [5.74, 6) is -0.916. The van der Waals surface area contributed by atoms with Crippen LogP contribution in [0.15, 0.2) is 24.3 Å². The molecule has 0 aliphatic rings. The van der Waals surface area contributed by atoms with Crippen molar-refractivity contribution < 1.29 is 18.0 Å². The van der Waals surface area contributed by atoms with Gasteiger partial charge in [0.1, 0.15) is 20.3 Å². The lowest BCUT2D eigenvalue weighted by molar-refractivity contribution is -0.134. The zero-order chi connectivity index (χ0) is 16.1. The molecule has 0 atom stereocenters. The number of nitrogens with zero attached hydrogens (tertiary/aromatic N) is 1.